The van der Waals surface area contributed by atoms with Gasteiger partial charge < -0.3 is 8.98 Å². The number of nitrogens with zero attached hydrogens (tertiary/aromatic N) is 6. The Hall–Kier alpha value is -9.43. The van der Waals surface area contributed by atoms with E-state index in [2.05, 4.69) is 89.5 Å². The molecule has 306 valence electrons. The average molecular weight is 843 g/mol. The molecule has 0 aliphatic rings. The maximum atomic E-state index is 9.54. The summed E-state index contributed by atoms with van der Waals surface area (Å²) in [5.74, 6) is 1.68. The molecule has 0 atom stereocenters. The van der Waals surface area contributed by atoms with Gasteiger partial charge >= 0.3 is 0 Å². The van der Waals surface area contributed by atoms with Gasteiger partial charge in [-0.25, -0.2) is 15.0 Å². The number of para-hydroxylation sites is 1. The zero-order chi connectivity index (χ0) is 44.1. The summed E-state index contributed by atoms with van der Waals surface area (Å²) >= 11 is 0. The van der Waals surface area contributed by atoms with E-state index < -0.39 is 0 Å². The van der Waals surface area contributed by atoms with Crippen molar-refractivity contribution in [2.75, 3.05) is 0 Å². The largest absolute Gasteiger partial charge is 0.456 e. The van der Waals surface area contributed by atoms with Crippen molar-refractivity contribution in [1.82, 2.24) is 19.5 Å². The number of furan rings is 1. The first kappa shape index (κ1) is 38.3. The molecule has 0 bridgehead atoms. The van der Waals surface area contributed by atoms with Gasteiger partial charge in [-0.15, -0.1) is 0 Å². The number of fused-ring (bicyclic) bond motifs is 6. The van der Waals surface area contributed by atoms with E-state index in [1.807, 2.05) is 133 Å². The molecule has 12 rings (SSSR count). The minimum Gasteiger partial charge on any atom is -0.456 e. The highest BCUT2D eigenvalue weighted by molar-refractivity contribution is 6.12. The Labute approximate surface area is 379 Å². The molecule has 9 aromatic carbocycles. The van der Waals surface area contributed by atoms with Crippen LogP contribution in [0.2, 0.25) is 0 Å². The number of rotatable bonds is 7. The fourth-order valence-corrected chi connectivity index (χ4v) is 9.04. The van der Waals surface area contributed by atoms with Crippen LogP contribution < -0.4 is 0 Å². The standard InChI is InChI=1S/C59H34N6O/c60-35-37-15-19-39(20-16-37)43-23-27-52-48(31-43)49-32-44(40-21-17-38(36-61)18-22-40)24-28-53(49)65(52)54-29-25-45(46-26-30-56-50(33-46)47-13-7-8-14-55(47)66-56)34-51(54)59-63-57(41-9-3-1-4-10-41)62-58(64-59)42-11-5-2-6-12-42/h1-34H. The third-order valence-electron chi connectivity index (χ3n) is 12.3. The second kappa shape index (κ2) is 15.7. The highest BCUT2D eigenvalue weighted by Gasteiger charge is 2.22. The fraction of sp³-hybridized carbons (Fsp3) is 0. The molecule has 7 heteroatoms. The van der Waals surface area contributed by atoms with Crippen molar-refractivity contribution < 1.29 is 4.42 Å². The first-order chi connectivity index (χ1) is 32.6. The Morgan fingerprint density at radius 1 is 0.348 bits per heavy atom. The number of hydrogen-bond donors (Lipinski definition) is 0. The normalized spacial score (nSPS) is 11.3. The van der Waals surface area contributed by atoms with Crippen LogP contribution in [0.5, 0.6) is 0 Å². The predicted molar refractivity (Wildman–Crippen MR) is 263 cm³/mol. The van der Waals surface area contributed by atoms with Gasteiger partial charge in [0.15, 0.2) is 17.5 Å². The molecule has 0 saturated carbocycles. The smallest absolute Gasteiger partial charge is 0.166 e. The van der Waals surface area contributed by atoms with E-state index in [4.69, 9.17) is 19.4 Å². The first-order valence-electron chi connectivity index (χ1n) is 21.6. The van der Waals surface area contributed by atoms with E-state index in [0.29, 0.717) is 28.6 Å². The monoisotopic (exact) mass is 842 g/mol. The van der Waals surface area contributed by atoms with Crippen LogP contribution in [0.15, 0.2) is 211 Å². The molecule has 12 aromatic rings. The van der Waals surface area contributed by atoms with Gasteiger partial charge in [0.05, 0.1) is 40.0 Å². The molecule has 7 nitrogen and oxygen atoms in total. The average Bonchev–Trinajstić information content (AvgIpc) is 3.93. The van der Waals surface area contributed by atoms with Crippen LogP contribution in [-0.2, 0) is 0 Å². The van der Waals surface area contributed by atoms with Crippen molar-refractivity contribution in [2.45, 2.75) is 0 Å². The lowest BCUT2D eigenvalue weighted by atomic mass is 9.99. The fourth-order valence-electron chi connectivity index (χ4n) is 9.04. The van der Waals surface area contributed by atoms with Crippen LogP contribution in [0.3, 0.4) is 0 Å². The minimum atomic E-state index is 0.535. The molecular formula is C59H34N6O. The predicted octanol–water partition coefficient (Wildman–Crippen LogP) is 14.6. The molecule has 0 fully saturated rings. The number of hydrogen-bond acceptors (Lipinski definition) is 6. The lowest BCUT2D eigenvalue weighted by molar-refractivity contribution is 0.669. The Morgan fingerprint density at radius 2 is 0.788 bits per heavy atom. The van der Waals surface area contributed by atoms with Crippen molar-refractivity contribution in [1.29, 1.82) is 10.5 Å². The highest BCUT2D eigenvalue weighted by atomic mass is 16.3. The van der Waals surface area contributed by atoms with Gasteiger partial charge in [-0.3, -0.25) is 0 Å². The Kier molecular flexibility index (Phi) is 9.12. The summed E-state index contributed by atoms with van der Waals surface area (Å²) in [6.07, 6.45) is 0. The van der Waals surface area contributed by atoms with Gasteiger partial charge in [0, 0.05) is 38.2 Å². The number of benzene rings is 9. The zero-order valence-corrected chi connectivity index (χ0v) is 35.2. The summed E-state index contributed by atoms with van der Waals surface area (Å²) in [5, 5.41) is 23.3. The van der Waals surface area contributed by atoms with Gasteiger partial charge in [-0.2, -0.15) is 10.5 Å². The maximum absolute atomic E-state index is 9.54. The first-order valence-corrected chi connectivity index (χ1v) is 21.6. The SMILES string of the molecule is N#Cc1ccc(-c2ccc3c(c2)c2cc(-c4ccc(C#N)cc4)ccc2n3-c2ccc(-c3ccc4oc5ccccc5c4c3)cc2-c2nc(-c3ccccc3)nc(-c3ccccc3)n2)cc1. The van der Waals surface area contributed by atoms with E-state index >= 15 is 0 Å². The number of nitriles is 2. The van der Waals surface area contributed by atoms with Gasteiger partial charge in [-0.05, 0) is 112 Å². The summed E-state index contributed by atoms with van der Waals surface area (Å²) in [6.45, 7) is 0. The molecule has 0 aliphatic carbocycles. The lowest BCUT2D eigenvalue weighted by Gasteiger charge is -2.16. The highest BCUT2D eigenvalue weighted by Crippen LogP contribution is 2.42. The Morgan fingerprint density at radius 3 is 1.36 bits per heavy atom. The van der Waals surface area contributed by atoms with Crippen LogP contribution >= 0.6 is 0 Å². The van der Waals surface area contributed by atoms with E-state index in [-0.39, 0.29) is 0 Å². The van der Waals surface area contributed by atoms with Crippen LogP contribution in [-0.4, -0.2) is 19.5 Å². The Balaban J connectivity index is 1.14. The molecule has 0 amide bonds. The molecule has 0 saturated heterocycles. The summed E-state index contributed by atoms with van der Waals surface area (Å²) in [7, 11) is 0. The van der Waals surface area contributed by atoms with Crippen molar-refractivity contribution in [2.24, 2.45) is 0 Å². The van der Waals surface area contributed by atoms with Gasteiger partial charge in [0.25, 0.3) is 0 Å². The molecule has 0 N–H and O–H groups in total. The van der Waals surface area contributed by atoms with Gasteiger partial charge in [0.1, 0.15) is 11.2 Å². The zero-order valence-electron chi connectivity index (χ0n) is 35.2. The second-order valence-electron chi connectivity index (χ2n) is 16.3. The quantitative estimate of drug-likeness (QED) is 0.158. The molecule has 0 unspecified atom stereocenters. The third-order valence-corrected chi connectivity index (χ3v) is 12.3. The minimum absolute atomic E-state index is 0.535. The molecular weight excluding hydrogens is 809 g/mol. The maximum Gasteiger partial charge on any atom is 0.166 e. The van der Waals surface area contributed by atoms with Gasteiger partial charge in [0.2, 0.25) is 0 Å². The summed E-state index contributed by atoms with van der Waals surface area (Å²) < 4.78 is 8.55. The van der Waals surface area contributed by atoms with Crippen molar-refractivity contribution in [3.63, 3.8) is 0 Å². The van der Waals surface area contributed by atoms with Crippen molar-refractivity contribution >= 4 is 43.7 Å². The van der Waals surface area contributed by atoms with Crippen molar-refractivity contribution in [3.8, 4) is 85.4 Å². The summed E-state index contributed by atoms with van der Waals surface area (Å²) in [5.41, 5.74) is 14.5. The molecule has 0 spiro atoms. The number of aromatic nitrogens is 4. The van der Waals surface area contributed by atoms with Crippen LogP contribution in [0.25, 0.3) is 117 Å². The molecule has 0 radical (unpaired) electrons. The van der Waals surface area contributed by atoms with E-state index in [9.17, 15) is 10.5 Å². The van der Waals surface area contributed by atoms with E-state index in [1.54, 1.807) is 0 Å². The lowest BCUT2D eigenvalue weighted by Crippen LogP contribution is -2.04. The molecule has 3 heterocycles. The molecule has 66 heavy (non-hydrogen) atoms. The summed E-state index contributed by atoms with van der Waals surface area (Å²) in [4.78, 5) is 15.6. The van der Waals surface area contributed by atoms with E-state index in [1.165, 1.54) is 0 Å². The topological polar surface area (TPSA) is 104 Å². The second-order valence-corrected chi connectivity index (χ2v) is 16.3. The summed E-state index contributed by atoms with van der Waals surface area (Å²) in [6, 6.07) is 74.2. The third kappa shape index (κ3) is 6.64. The molecule has 3 aromatic heterocycles. The van der Waals surface area contributed by atoms with Gasteiger partial charge in [-0.1, -0.05) is 127 Å². The van der Waals surface area contributed by atoms with Crippen LogP contribution in [0, 0.1) is 22.7 Å². The molecule has 0 aliphatic heterocycles. The van der Waals surface area contributed by atoms with Crippen LogP contribution in [0.1, 0.15) is 11.1 Å². The van der Waals surface area contributed by atoms with Crippen molar-refractivity contribution in [3.05, 3.63) is 217 Å². The van der Waals surface area contributed by atoms with E-state index in [0.717, 1.165) is 99.5 Å². The van der Waals surface area contributed by atoms with Crippen LogP contribution in [0.4, 0.5) is 0 Å². The Bertz CT molecular complexity index is 3760.